The van der Waals surface area contributed by atoms with E-state index in [2.05, 4.69) is 25.5 Å². The monoisotopic (exact) mass is 436 g/mol. The lowest BCUT2D eigenvalue weighted by atomic mass is 9.99. The van der Waals surface area contributed by atoms with E-state index in [-0.39, 0.29) is 5.56 Å². The van der Waals surface area contributed by atoms with Gasteiger partial charge in [-0.05, 0) is 67.8 Å². The van der Waals surface area contributed by atoms with E-state index in [1.165, 1.54) is 0 Å². The molecular weight excluding hydrogens is 412 g/mol. The van der Waals surface area contributed by atoms with E-state index in [9.17, 15) is 4.79 Å². The van der Waals surface area contributed by atoms with Gasteiger partial charge in [-0.3, -0.25) is 19.9 Å². The van der Waals surface area contributed by atoms with E-state index in [0.717, 1.165) is 50.4 Å². The molecule has 164 valence electrons. The second-order valence-corrected chi connectivity index (χ2v) is 8.30. The van der Waals surface area contributed by atoms with Gasteiger partial charge in [0.1, 0.15) is 0 Å². The summed E-state index contributed by atoms with van der Waals surface area (Å²) in [5.41, 5.74) is 7.87. The molecule has 5 aromatic rings. The Bertz CT molecular complexity index is 1560. The lowest BCUT2D eigenvalue weighted by Crippen LogP contribution is -2.19. The van der Waals surface area contributed by atoms with Crippen molar-refractivity contribution in [3.63, 3.8) is 0 Å². The summed E-state index contributed by atoms with van der Waals surface area (Å²) in [4.78, 5) is 22.0. The zero-order valence-electron chi connectivity index (χ0n) is 19.0. The van der Waals surface area contributed by atoms with Crippen LogP contribution in [0.2, 0.25) is 0 Å². The Morgan fingerprint density at radius 2 is 1.79 bits per heavy atom. The molecule has 7 nitrogen and oxygen atoms in total. The van der Waals surface area contributed by atoms with Crippen LogP contribution in [-0.4, -0.2) is 24.7 Å². The number of pyridine rings is 3. The van der Waals surface area contributed by atoms with Crippen LogP contribution in [-0.2, 0) is 7.05 Å². The fourth-order valence-electron chi connectivity index (χ4n) is 4.07. The quantitative estimate of drug-likeness (QED) is 0.411. The predicted molar refractivity (Wildman–Crippen MR) is 132 cm³/mol. The van der Waals surface area contributed by atoms with Crippen molar-refractivity contribution in [3.8, 4) is 22.5 Å². The Kier molecular flexibility index (Phi) is 5.01. The van der Waals surface area contributed by atoms with E-state index < -0.39 is 0 Å². The first-order valence-corrected chi connectivity index (χ1v) is 10.7. The minimum absolute atomic E-state index is 0.0407. The van der Waals surface area contributed by atoms with Crippen LogP contribution in [0.1, 0.15) is 16.8 Å². The summed E-state index contributed by atoms with van der Waals surface area (Å²) in [6.45, 7) is 5.95. The van der Waals surface area contributed by atoms with Crippen LogP contribution in [0.3, 0.4) is 0 Å². The van der Waals surface area contributed by atoms with Gasteiger partial charge in [0.15, 0.2) is 5.82 Å². The number of hydrogen-bond donors (Lipinski definition) is 2. The average molecular weight is 437 g/mol. The van der Waals surface area contributed by atoms with E-state index >= 15 is 0 Å². The van der Waals surface area contributed by atoms with Gasteiger partial charge in [0.05, 0.1) is 16.9 Å². The molecule has 7 heteroatoms. The molecule has 0 spiro atoms. The van der Waals surface area contributed by atoms with Gasteiger partial charge < -0.3 is 9.88 Å². The van der Waals surface area contributed by atoms with Crippen LogP contribution in [0, 0.1) is 20.8 Å². The third-order valence-electron chi connectivity index (χ3n) is 5.89. The van der Waals surface area contributed by atoms with Crippen LogP contribution in [0.25, 0.3) is 33.4 Å². The van der Waals surface area contributed by atoms with Crippen molar-refractivity contribution in [3.05, 3.63) is 88.1 Å². The van der Waals surface area contributed by atoms with E-state index in [1.54, 1.807) is 17.8 Å². The smallest absolute Gasteiger partial charge is 0.258 e. The van der Waals surface area contributed by atoms with Crippen molar-refractivity contribution >= 4 is 22.4 Å². The topological polar surface area (TPSA) is 88.5 Å². The molecule has 1 aromatic carbocycles. The minimum atomic E-state index is -0.0407. The highest BCUT2D eigenvalue weighted by atomic mass is 16.1. The van der Waals surface area contributed by atoms with Gasteiger partial charge in [0, 0.05) is 47.8 Å². The number of nitrogens with zero attached hydrogens (tertiary/aromatic N) is 4. The van der Waals surface area contributed by atoms with Crippen molar-refractivity contribution < 1.29 is 0 Å². The Morgan fingerprint density at radius 3 is 2.61 bits per heavy atom. The van der Waals surface area contributed by atoms with Gasteiger partial charge in [-0.2, -0.15) is 5.10 Å². The molecule has 0 saturated carbocycles. The fourth-order valence-corrected chi connectivity index (χ4v) is 4.07. The van der Waals surface area contributed by atoms with Crippen molar-refractivity contribution in [1.82, 2.24) is 24.7 Å². The van der Waals surface area contributed by atoms with Gasteiger partial charge in [-0.1, -0.05) is 12.1 Å². The second kappa shape index (κ2) is 8.02. The molecular formula is C26H24N6O. The molecule has 0 bridgehead atoms. The summed E-state index contributed by atoms with van der Waals surface area (Å²) < 4.78 is 1.69. The summed E-state index contributed by atoms with van der Waals surface area (Å²) in [5, 5.41) is 11.7. The van der Waals surface area contributed by atoms with Gasteiger partial charge in [0.2, 0.25) is 0 Å². The Morgan fingerprint density at radius 1 is 0.939 bits per heavy atom. The maximum absolute atomic E-state index is 13.2. The standard InChI is InChI=1S/C26H24N6O/c1-15-7-8-19(29-24-13-22(30-31-24)25-16(2)6-5-9-27-25)12-20(15)21-11-18-14-28-17(3)10-23(18)32(4)26(21)33/h5-14H,1-4H3,(H2,29,30,31). The third-order valence-corrected chi connectivity index (χ3v) is 5.89. The van der Waals surface area contributed by atoms with Crippen LogP contribution in [0.4, 0.5) is 11.5 Å². The predicted octanol–water partition coefficient (Wildman–Crippen LogP) is 5.05. The minimum Gasteiger partial charge on any atom is -0.339 e. The number of benzene rings is 1. The fraction of sp³-hybridized carbons (Fsp3) is 0.154. The number of aromatic nitrogens is 5. The van der Waals surface area contributed by atoms with E-state index in [1.807, 2.05) is 75.5 Å². The summed E-state index contributed by atoms with van der Waals surface area (Å²) in [6.07, 6.45) is 3.58. The van der Waals surface area contributed by atoms with E-state index in [4.69, 9.17) is 0 Å². The van der Waals surface area contributed by atoms with E-state index in [0.29, 0.717) is 11.4 Å². The molecule has 0 amide bonds. The molecule has 33 heavy (non-hydrogen) atoms. The maximum Gasteiger partial charge on any atom is 0.258 e. The van der Waals surface area contributed by atoms with Crippen molar-refractivity contribution in [2.45, 2.75) is 20.8 Å². The summed E-state index contributed by atoms with van der Waals surface area (Å²) in [5.74, 6) is 0.677. The lowest BCUT2D eigenvalue weighted by molar-refractivity contribution is 0.905. The van der Waals surface area contributed by atoms with Crippen molar-refractivity contribution in [2.24, 2.45) is 7.05 Å². The number of anilines is 2. The molecule has 4 aromatic heterocycles. The van der Waals surface area contributed by atoms with Crippen LogP contribution >= 0.6 is 0 Å². The Hall–Kier alpha value is -4.26. The summed E-state index contributed by atoms with van der Waals surface area (Å²) >= 11 is 0. The highest BCUT2D eigenvalue weighted by molar-refractivity contribution is 5.85. The van der Waals surface area contributed by atoms with Crippen LogP contribution in [0.5, 0.6) is 0 Å². The zero-order chi connectivity index (χ0) is 23.1. The molecule has 0 aliphatic rings. The Labute approximate surface area is 191 Å². The van der Waals surface area contributed by atoms with Crippen LogP contribution < -0.4 is 10.9 Å². The summed E-state index contributed by atoms with van der Waals surface area (Å²) in [7, 11) is 1.80. The number of nitrogens with one attached hydrogen (secondary N) is 2. The SMILES string of the molecule is Cc1cc2c(cn1)cc(-c1cc(Nc3cc(-c4ncccc4C)[nH]n3)ccc1C)c(=O)n2C. The molecule has 2 N–H and O–H groups in total. The normalized spacial score (nSPS) is 11.2. The maximum atomic E-state index is 13.2. The van der Waals surface area contributed by atoms with Crippen molar-refractivity contribution in [1.29, 1.82) is 0 Å². The van der Waals surface area contributed by atoms with Gasteiger partial charge in [0.25, 0.3) is 5.56 Å². The highest BCUT2D eigenvalue weighted by Crippen LogP contribution is 2.29. The molecule has 4 heterocycles. The lowest BCUT2D eigenvalue weighted by Gasteiger charge is -2.13. The number of rotatable bonds is 4. The molecule has 0 aliphatic heterocycles. The molecule has 0 atom stereocenters. The van der Waals surface area contributed by atoms with Crippen molar-refractivity contribution in [2.75, 3.05) is 5.32 Å². The zero-order valence-corrected chi connectivity index (χ0v) is 19.0. The number of hydrogen-bond acceptors (Lipinski definition) is 5. The van der Waals surface area contributed by atoms with Gasteiger partial charge in [-0.25, -0.2) is 0 Å². The molecule has 5 rings (SSSR count). The first kappa shape index (κ1) is 20.6. The number of H-pyrrole nitrogens is 1. The molecule has 0 fully saturated rings. The highest BCUT2D eigenvalue weighted by Gasteiger charge is 2.13. The number of aryl methyl sites for hydroxylation is 4. The largest absolute Gasteiger partial charge is 0.339 e. The first-order valence-electron chi connectivity index (χ1n) is 10.7. The van der Waals surface area contributed by atoms with Crippen LogP contribution in [0.15, 0.2) is 65.7 Å². The third kappa shape index (κ3) is 3.78. The second-order valence-electron chi connectivity index (χ2n) is 8.30. The molecule has 0 saturated heterocycles. The van der Waals surface area contributed by atoms with Gasteiger partial charge in [-0.15, -0.1) is 0 Å². The van der Waals surface area contributed by atoms with Gasteiger partial charge >= 0.3 is 0 Å². The molecule has 0 unspecified atom stereocenters. The summed E-state index contributed by atoms with van der Waals surface area (Å²) in [6, 6.07) is 15.7. The number of fused-ring (bicyclic) bond motifs is 1. The first-order chi connectivity index (χ1) is 15.9. The number of aromatic amines is 1. The average Bonchev–Trinajstić information content (AvgIpc) is 3.26. The Balaban J connectivity index is 1.52. The molecule has 0 aliphatic carbocycles. The molecule has 0 radical (unpaired) electrons.